The molecule has 2 aromatic carbocycles. The molecule has 110 valence electrons. The summed E-state index contributed by atoms with van der Waals surface area (Å²) in [6, 6.07) is 17.1. The predicted octanol–water partition coefficient (Wildman–Crippen LogP) is 4.68. The van der Waals surface area contributed by atoms with Gasteiger partial charge in [0.05, 0.1) is 18.4 Å². The summed E-state index contributed by atoms with van der Waals surface area (Å²) < 4.78 is 11.8. The van der Waals surface area contributed by atoms with Crippen molar-refractivity contribution in [1.82, 2.24) is 0 Å². The second-order valence-corrected chi connectivity index (χ2v) is 6.13. The van der Waals surface area contributed by atoms with Gasteiger partial charge in [0.15, 0.2) is 0 Å². The van der Waals surface area contributed by atoms with Crippen LogP contribution in [-0.4, -0.2) is 6.61 Å². The quantitative estimate of drug-likeness (QED) is 0.707. The molecule has 1 aromatic heterocycles. The predicted molar refractivity (Wildman–Crippen MR) is 85.8 cm³/mol. The standard InChI is InChI=1S/C19H17NO2/c1-2-5-13-12(4-1)7-8-14-17(13)20-18(16-6-3-10-21-16)15-9-11-22-19(14)15/h1-8,10,15,18-20H,9,11H2. The molecular weight excluding hydrogens is 274 g/mol. The Hall–Kier alpha value is -2.26. The van der Waals surface area contributed by atoms with E-state index < -0.39 is 0 Å². The van der Waals surface area contributed by atoms with E-state index in [-0.39, 0.29) is 12.1 Å². The summed E-state index contributed by atoms with van der Waals surface area (Å²) in [6.45, 7) is 0.820. The highest BCUT2D eigenvalue weighted by atomic mass is 16.5. The Morgan fingerprint density at radius 1 is 1.00 bits per heavy atom. The lowest BCUT2D eigenvalue weighted by atomic mass is 9.82. The Morgan fingerprint density at radius 3 is 2.86 bits per heavy atom. The molecule has 0 radical (unpaired) electrons. The molecule has 3 atom stereocenters. The first-order valence-corrected chi connectivity index (χ1v) is 7.85. The molecule has 0 bridgehead atoms. The van der Waals surface area contributed by atoms with Crippen molar-refractivity contribution in [3.63, 3.8) is 0 Å². The van der Waals surface area contributed by atoms with Crippen LogP contribution in [0.1, 0.15) is 29.9 Å². The van der Waals surface area contributed by atoms with Crippen LogP contribution in [0, 0.1) is 5.92 Å². The zero-order chi connectivity index (χ0) is 14.5. The zero-order valence-electron chi connectivity index (χ0n) is 12.2. The highest BCUT2D eigenvalue weighted by molar-refractivity contribution is 5.96. The number of anilines is 1. The van der Waals surface area contributed by atoms with Gasteiger partial charge in [0.2, 0.25) is 0 Å². The lowest BCUT2D eigenvalue weighted by Crippen LogP contribution is -2.29. The van der Waals surface area contributed by atoms with Gasteiger partial charge < -0.3 is 14.5 Å². The molecule has 0 spiro atoms. The molecule has 3 unspecified atom stereocenters. The van der Waals surface area contributed by atoms with Crippen molar-refractivity contribution in [3.8, 4) is 0 Å². The normalized spacial score (nSPS) is 26.5. The summed E-state index contributed by atoms with van der Waals surface area (Å²) >= 11 is 0. The van der Waals surface area contributed by atoms with Crippen LogP contribution in [0.5, 0.6) is 0 Å². The highest BCUT2D eigenvalue weighted by Gasteiger charge is 2.42. The summed E-state index contributed by atoms with van der Waals surface area (Å²) in [5.41, 5.74) is 2.48. The summed E-state index contributed by atoms with van der Waals surface area (Å²) in [4.78, 5) is 0. The summed E-state index contributed by atoms with van der Waals surface area (Å²) in [5.74, 6) is 1.43. The van der Waals surface area contributed by atoms with Crippen LogP contribution in [0.15, 0.2) is 59.2 Å². The first kappa shape index (κ1) is 12.3. The van der Waals surface area contributed by atoms with Gasteiger partial charge in [-0.3, -0.25) is 0 Å². The fourth-order valence-corrected chi connectivity index (χ4v) is 3.97. The molecule has 0 saturated carbocycles. The van der Waals surface area contributed by atoms with Gasteiger partial charge in [-0.1, -0.05) is 36.4 Å². The minimum Gasteiger partial charge on any atom is -0.467 e. The minimum atomic E-state index is 0.163. The maximum absolute atomic E-state index is 6.08. The van der Waals surface area contributed by atoms with Gasteiger partial charge in [-0.05, 0) is 23.9 Å². The Kier molecular flexibility index (Phi) is 2.58. The zero-order valence-corrected chi connectivity index (χ0v) is 12.2. The number of furan rings is 1. The number of nitrogens with one attached hydrogen (secondary N) is 1. The summed E-state index contributed by atoms with van der Waals surface area (Å²) in [7, 11) is 0. The van der Waals surface area contributed by atoms with Crippen molar-refractivity contribution in [3.05, 3.63) is 66.1 Å². The molecule has 1 saturated heterocycles. The van der Waals surface area contributed by atoms with Crippen LogP contribution in [0.2, 0.25) is 0 Å². The molecule has 1 fully saturated rings. The van der Waals surface area contributed by atoms with Crippen LogP contribution in [0.25, 0.3) is 10.8 Å². The molecule has 2 aliphatic heterocycles. The lowest BCUT2D eigenvalue weighted by Gasteiger charge is -2.35. The van der Waals surface area contributed by atoms with Crippen molar-refractivity contribution in [2.75, 3.05) is 11.9 Å². The van der Waals surface area contributed by atoms with Crippen molar-refractivity contribution in [2.45, 2.75) is 18.6 Å². The van der Waals surface area contributed by atoms with Crippen LogP contribution in [-0.2, 0) is 4.74 Å². The molecule has 3 heteroatoms. The van der Waals surface area contributed by atoms with Crippen molar-refractivity contribution >= 4 is 16.5 Å². The summed E-state index contributed by atoms with van der Waals surface area (Å²) in [5, 5.41) is 6.25. The maximum Gasteiger partial charge on any atom is 0.126 e. The van der Waals surface area contributed by atoms with E-state index in [0.29, 0.717) is 5.92 Å². The molecule has 1 N–H and O–H groups in total. The number of rotatable bonds is 1. The van der Waals surface area contributed by atoms with Crippen molar-refractivity contribution < 1.29 is 9.15 Å². The van der Waals surface area contributed by atoms with Gasteiger partial charge in [-0.2, -0.15) is 0 Å². The van der Waals surface area contributed by atoms with Crippen LogP contribution < -0.4 is 5.32 Å². The third kappa shape index (κ3) is 1.66. The lowest BCUT2D eigenvalue weighted by molar-refractivity contribution is 0.0810. The second kappa shape index (κ2) is 4.62. The minimum absolute atomic E-state index is 0.163. The molecule has 0 aliphatic carbocycles. The Labute approximate surface area is 128 Å². The Balaban J connectivity index is 1.72. The molecule has 2 aliphatic rings. The van der Waals surface area contributed by atoms with Gasteiger partial charge in [0.25, 0.3) is 0 Å². The molecule has 3 aromatic rings. The Bertz CT molecular complexity index is 825. The molecule has 3 heterocycles. The number of fused-ring (bicyclic) bond motifs is 5. The smallest absolute Gasteiger partial charge is 0.126 e. The third-order valence-electron chi connectivity index (χ3n) is 4.98. The van der Waals surface area contributed by atoms with Crippen LogP contribution >= 0.6 is 0 Å². The van der Waals surface area contributed by atoms with E-state index >= 15 is 0 Å². The van der Waals surface area contributed by atoms with E-state index in [0.717, 1.165) is 18.8 Å². The van der Waals surface area contributed by atoms with Crippen molar-refractivity contribution in [2.24, 2.45) is 5.92 Å². The molecular formula is C19H17NO2. The number of hydrogen-bond acceptors (Lipinski definition) is 3. The van der Waals surface area contributed by atoms with Crippen molar-refractivity contribution in [1.29, 1.82) is 0 Å². The Morgan fingerprint density at radius 2 is 1.95 bits per heavy atom. The average molecular weight is 291 g/mol. The first-order valence-electron chi connectivity index (χ1n) is 7.85. The van der Waals surface area contributed by atoms with Gasteiger partial charge in [0.1, 0.15) is 5.76 Å². The van der Waals surface area contributed by atoms with E-state index in [9.17, 15) is 0 Å². The summed E-state index contributed by atoms with van der Waals surface area (Å²) in [6.07, 6.45) is 2.98. The molecule has 3 nitrogen and oxygen atoms in total. The third-order valence-corrected chi connectivity index (χ3v) is 4.98. The number of hydrogen-bond donors (Lipinski definition) is 1. The SMILES string of the molecule is c1coc(C2Nc3c(ccc4ccccc34)C3OCCC23)c1. The second-order valence-electron chi connectivity index (χ2n) is 6.13. The largest absolute Gasteiger partial charge is 0.467 e. The fourth-order valence-electron chi connectivity index (χ4n) is 3.97. The van der Waals surface area contributed by atoms with Gasteiger partial charge in [0, 0.05) is 29.2 Å². The molecule has 0 amide bonds. The van der Waals surface area contributed by atoms with Gasteiger partial charge in [-0.15, -0.1) is 0 Å². The number of ether oxygens (including phenoxy) is 1. The van der Waals surface area contributed by atoms with E-state index in [4.69, 9.17) is 9.15 Å². The van der Waals surface area contributed by atoms with E-state index in [1.807, 2.05) is 6.07 Å². The van der Waals surface area contributed by atoms with E-state index in [1.165, 1.54) is 22.0 Å². The number of benzene rings is 2. The monoisotopic (exact) mass is 291 g/mol. The van der Waals surface area contributed by atoms with E-state index in [1.54, 1.807) is 6.26 Å². The van der Waals surface area contributed by atoms with Gasteiger partial charge in [-0.25, -0.2) is 0 Å². The van der Waals surface area contributed by atoms with E-state index in [2.05, 4.69) is 47.8 Å². The topological polar surface area (TPSA) is 34.4 Å². The molecule has 5 rings (SSSR count). The first-order chi connectivity index (χ1) is 10.9. The molecule has 22 heavy (non-hydrogen) atoms. The highest BCUT2D eigenvalue weighted by Crippen LogP contribution is 2.51. The maximum atomic E-state index is 6.08. The van der Waals surface area contributed by atoms with Crippen LogP contribution in [0.4, 0.5) is 5.69 Å². The van der Waals surface area contributed by atoms with Crippen LogP contribution in [0.3, 0.4) is 0 Å². The average Bonchev–Trinajstić information content (AvgIpc) is 3.25. The fraction of sp³-hybridized carbons (Fsp3) is 0.263. The van der Waals surface area contributed by atoms with Gasteiger partial charge >= 0.3 is 0 Å².